The van der Waals surface area contributed by atoms with Gasteiger partial charge in [-0.25, -0.2) is 4.98 Å². The second kappa shape index (κ2) is 7.70. The molecule has 0 spiro atoms. The molecule has 0 aliphatic heterocycles. The molecule has 5 heteroatoms. The van der Waals surface area contributed by atoms with E-state index < -0.39 is 0 Å². The van der Waals surface area contributed by atoms with Gasteiger partial charge in [0, 0.05) is 16.6 Å². The second-order valence-corrected chi connectivity index (χ2v) is 6.35. The number of nitrogens with two attached hydrogens (primary N) is 1. The van der Waals surface area contributed by atoms with E-state index in [0.29, 0.717) is 27.4 Å². The molecule has 4 nitrogen and oxygen atoms in total. The molecule has 0 amide bonds. The van der Waals surface area contributed by atoms with Crippen LogP contribution in [-0.4, -0.2) is 9.55 Å². The Balaban J connectivity index is 0.00000109. The molecule has 0 unspecified atom stereocenters. The minimum atomic E-state index is -0.0934. The monoisotopic (exact) mass is 357 g/mol. The summed E-state index contributed by atoms with van der Waals surface area (Å²) in [6.45, 7) is 9.92. The molecule has 1 heterocycles. The third-order valence-corrected chi connectivity index (χ3v) is 4.22. The Bertz CT molecular complexity index is 944. The Kier molecular flexibility index (Phi) is 5.85. The minimum absolute atomic E-state index is 0.0867. The number of hydrogen-bond donors (Lipinski definition) is 1. The lowest BCUT2D eigenvalue weighted by Gasteiger charge is -2.17. The lowest BCUT2D eigenvalue weighted by atomic mass is 10.1. The maximum absolute atomic E-state index is 13.1. The highest BCUT2D eigenvalue weighted by atomic mass is 35.5. The SMILES string of the molecule is CC.Cc1c(N)ccc2c(=O)n(-c3ccc(Cl)cc3)c(C(C)C)nc12. The van der Waals surface area contributed by atoms with Gasteiger partial charge in [-0.1, -0.05) is 39.3 Å². The molecule has 0 radical (unpaired) electrons. The normalized spacial score (nSPS) is 10.7. The summed E-state index contributed by atoms with van der Waals surface area (Å²) in [7, 11) is 0. The molecular weight excluding hydrogens is 334 g/mol. The zero-order valence-electron chi connectivity index (χ0n) is 15.3. The van der Waals surface area contributed by atoms with Crippen LogP contribution in [0.5, 0.6) is 0 Å². The van der Waals surface area contributed by atoms with Gasteiger partial charge in [0.1, 0.15) is 5.82 Å². The third kappa shape index (κ3) is 3.54. The molecule has 3 rings (SSSR count). The van der Waals surface area contributed by atoms with Crippen LogP contribution in [0.2, 0.25) is 5.02 Å². The highest BCUT2D eigenvalue weighted by Crippen LogP contribution is 2.24. The average molecular weight is 358 g/mol. The van der Waals surface area contributed by atoms with Gasteiger partial charge in [0.25, 0.3) is 5.56 Å². The molecule has 0 bridgehead atoms. The number of benzene rings is 2. The van der Waals surface area contributed by atoms with E-state index in [-0.39, 0.29) is 11.5 Å². The van der Waals surface area contributed by atoms with Crippen LogP contribution in [0, 0.1) is 6.92 Å². The van der Waals surface area contributed by atoms with E-state index >= 15 is 0 Å². The van der Waals surface area contributed by atoms with Gasteiger partial charge in [0.05, 0.1) is 16.6 Å². The molecule has 0 fully saturated rings. The quantitative estimate of drug-likeness (QED) is 0.650. The number of nitrogen functional groups attached to an aromatic ring is 1. The van der Waals surface area contributed by atoms with Crippen LogP contribution < -0.4 is 11.3 Å². The fourth-order valence-electron chi connectivity index (χ4n) is 2.65. The number of hydrogen-bond acceptors (Lipinski definition) is 3. The number of aryl methyl sites for hydroxylation is 1. The first kappa shape index (κ1) is 19.0. The Hall–Kier alpha value is -2.33. The maximum atomic E-state index is 13.1. The summed E-state index contributed by atoms with van der Waals surface area (Å²) < 4.78 is 1.65. The van der Waals surface area contributed by atoms with E-state index in [4.69, 9.17) is 22.3 Å². The van der Waals surface area contributed by atoms with E-state index in [1.165, 1.54) is 0 Å². The van der Waals surface area contributed by atoms with Crippen molar-refractivity contribution in [3.05, 3.63) is 63.2 Å². The Labute approximate surface area is 153 Å². The van der Waals surface area contributed by atoms with Crippen molar-refractivity contribution in [2.75, 3.05) is 5.73 Å². The van der Waals surface area contributed by atoms with Crippen molar-refractivity contribution < 1.29 is 0 Å². The van der Waals surface area contributed by atoms with Gasteiger partial charge in [-0.15, -0.1) is 0 Å². The Morgan fingerprint density at radius 3 is 2.24 bits per heavy atom. The number of fused-ring (bicyclic) bond motifs is 1. The maximum Gasteiger partial charge on any atom is 0.265 e. The van der Waals surface area contributed by atoms with E-state index in [2.05, 4.69) is 0 Å². The largest absolute Gasteiger partial charge is 0.398 e. The van der Waals surface area contributed by atoms with Crippen LogP contribution in [0.1, 0.15) is 45.0 Å². The summed E-state index contributed by atoms with van der Waals surface area (Å²) in [5, 5.41) is 1.20. The molecule has 132 valence electrons. The molecule has 25 heavy (non-hydrogen) atoms. The second-order valence-electron chi connectivity index (χ2n) is 5.92. The standard InChI is InChI=1S/C18H18ClN3O.C2H6/c1-10(2)17-21-16-11(3)15(20)9-8-14(16)18(23)22(17)13-6-4-12(19)5-7-13;1-2/h4-10H,20H2,1-3H3;1-2H3. The van der Waals surface area contributed by atoms with Crippen molar-refractivity contribution >= 4 is 28.2 Å². The van der Waals surface area contributed by atoms with Crippen molar-refractivity contribution in [1.82, 2.24) is 9.55 Å². The zero-order chi connectivity index (χ0) is 18.7. The highest BCUT2D eigenvalue weighted by molar-refractivity contribution is 6.30. The molecule has 0 aliphatic carbocycles. The Morgan fingerprint density at radius 1 is 1.08 bits per heavy atom. The Morgan fingerprint density at radius 2 is 1.68 bits per heavy atom. The summed E-state index contributed by atoms with van der Waals surface area (Å²) in [6.07, 6.45) is 0. The highest BCUT2D eigenvalue weighted by Gasteiger charge is 2.17. The summed E-state index contributed by atoms with van der Waals surface area (Å²) in [5.74, 6) is 0.794. The first-order valence-electron chi connectivity index (χ1n) is 8.48. The van der Waals surface area contributed by atoms with Gasteiger partial charge in [0.15, 0.2) is 0 Å². The van der Waals surface area contributed by atoms with Crippen LogP contribution >= 0.6 is 11.6 Å². The summed E-state index contributed by atoms with van der Waals surface area (Å²) >= 11 is 5.96. The first-order valence-corrected chi connectivity index (χ1v) is 8.85. The van der Waals surface area contributed by atoms with Crippen LogP contribution in [0.25, 0.3) is 16.6 Å². The van der Waals surface area contributed by atoms with Crippen molar-refractivity contribution in [2.24, 2.45) is 0 Å². The molecule has 0 atom stereocenters. The number of rotatable bonds is 2. The number of nitrogens with zero attached hydrogens (tertiary/aromatic N) is 2. The lowest BCUT2D eigenvalue weighted by Crippen LogP contribution is -2.25. The molecule has 0 saturated heterocycles. The van der Waals surface area contributed by atoms with Crippen LogP contribution in [0.3, 0.4) is 0 Å². The summed E-state index contributed by atoms with van der Waals surface area (Å²) in [6, 6.07) is 10.7. The van der Waals surface area contributed by atoms with Gasteiger partial charge in [0.2, 0.25) is 0 Å². The van der Waals surface area contributed by atoms with Gasteiger partial charge in [-0.05, 0) is 48.9 Å². The molecular formula is C20H24ClN3O. The predicted octanol–water partition coefficient (Wildman–Crippen LogP) is 5.08. The first-order chi connectivity index (χ1) is 11.9. The van der Waals surface area contributed by atoms with Gasteiger partial charge >= 0.3 is 0 Å². The van der Waals surface area contributed by atoms with E-state index in [9.17, 15) is 4.79 Å². The number of halogens is 1. The minimum Gasteiger partial charge on any atom is -0.398 e. The number of anilines is 1. The smallest absolute Gasteiger partial charge is 0.265 e. The van der Waals surface area contributed by atoms with Gasteiger partial charge in [-0.3, -0.25) is 9.36 Å². The molecule has 0 saturated carbocycles. The molecule has 2 N–H and O–H groups in total. The lowest BCUT2D eigenvalue weighted by molar-refractivity contribution is 0.722. The van der Waals surface area contributed by atoms with E-state index in [0.717, 1.165) is 11.3 Å². The molecule has 0 aliphatic rings. The fourth-order valence-corrected chi connectivity index (χ4v) is 2.77. The predicted molar refractivity (Wildman–Crippen MR) is 107 cm³/mol. The molecule has 2 aromatic carbocycles. The average Bonchev–Trinajstić information content (AvgIpc) is 2.61. The fraction of sp³-hybridized carbons (Fsp3) is 0.300. The van der Waals surface area contributed by atoms with E-state index in [1.807, 2.05) is 46.8 Å². The van der Waals surface area contributed by atoms with E-state index in [1.54, 1.807) is 28.8 Å². The van der Waals surface area contributed by atoms with Crippen molar-refractivity contribution in [3.63, 3.8) is 0 Å². The summed E-state index contributed by atoms with van der Waals surface area (Å²) in [5.41, 5.74) is 8.78. The van der Waals surface area contributed by atoms with Crippen LogP contribution in [0.4, 0.5) is 5.69 Å². The van der Waals surface area contributed by atoms with Gasteiger partial charge < -0.3 is 5.73 Å². The van der Waals surface area contributed by atoms with Crippen LogP contribution in [-0.2, 0) is 0 Å². The van der Waals surface area contributed by atoms with Crippen LogP contribution in [0.15, 0.2) is 41.2 Å². The zero-order valence-corrected chi connectivity index (χ0v) is 16.1. The van der Waals surface area contributed by atoms with Crippen molar-refractivity contribution in [3.8, 4) is 5.69 Å². The topological polar surface area (TPSA) is 60.9 Å². The molecule has 1 aromatic heterocycles. The van der Waals surface area contributed by atoms with Gasteiger partial charge in [-0.2, -0.15) is 0 Å². The summed E-state index contributed by atoms with van der Waals surface area (Å²) in [4.78, 5) is 17.8. The van der Waals surface area contributed by atoms with Crippen molar-refractivity contribution in [2.45, 2.75) is 40.5 Å². The molecule has 3 aromatic rings. The number of aromatic nitrogens is 2. The third-order valence-electron chi connectivity index (χ3n) is 3.96. The van der Waals surface area contributed by atoms with Crippen molar-refractivity contribution in [1.29, 1.82) is 0 Å².